The highest BCUT2D eigenvalue weighted by Gasteiger charge is 2.14. The van der Waals surface area contributed by atoms with Gasteiger partial charge in [0.25, 0.3) is 0 Å². The Bertz CT molecular complexity index is 512. The van der Waals surface area contributed by atoms with Gasteiger partial charge in [0.1, 0.15) is 0 Å². The van der Waals surface area contributed by atoms with Crippen molar-refractivity contribution in [3.05, 3.63) is 29.8 Å². The van der Waals surface area contributed by atoms with Gasteiger partial charge in [0.05, 0.1) is 0 Å². The molecule has 1 aromatic carbocycles. The number of hydrogen-bond acceptors (Lipinski definition) is 3. The summed E-state index contributed by atoms with van der Waals surface area (Å²) in [4.78, 5) is 34.0. The summed E-state index contributed by atoms with van der Waals surface area (Å²) in [5.41, 5.74) is 5.77. The van der Waals surface area contributed by atoms with Crippen molar-refractivity contribution in [2.24, 2.45) is 0 Å². The molecule has 0 bridgehead atoms. The lowest BCUT2D eigenvalue weighted by Gasteiger charge is -2.10. The van der Waals surface area contributed by atoms with Gasteiger partial charge in [-0.3, -0.25) is 25.2 Å². The Hall–Kier alpha value is -2.37. The first-order valence-electron chi connectivity index (χ1n) is 6.44. The monoisotopic (exact) mass is 277 g/mol. The molecule has 0 aliphatic carbocycles. The van der Waals surface area contributed by atoms with Crippen LogP contribution in [-0.2, 0) is 14.4 Å². The van der Waals surface area contributed by atoms with Crippen molar-refractivity contribution in [2.45, 2.75) is 33.1 Å². The number of nitrogens with one attached hydrogen (secondary N) is 3. The molecule has 0 fully saturated rings. The Morgan fingerprint density at radius 1 is 1.10 bits per heavy atom. The third-order valence-electron chi connectivity index (χ3n) is 2.65. The van der Waals surface area contributed by atoms with Crippen LogP contribution < -0.4 is 16.2 Å². The molecule has 3 amide bonds. The molecule has 0 saturated heterocycles. The molecule has 0 spiro atoms. The maximum atomic E-state index is 11.6. The van der Waals surface area contributed by atoms with E-state index in [-0.39, 0.29) is 12.3 Å². The van der Waals surface area contributed by atoms with Crippen molar-refractivity contribution < 1.29 is 14.4 Å². The van der Waals surface area contributed by atoms with Crippen molar-refractivity contribution in [3.63, 3.8) is 0 Å². The molecule has 0 unspecified atom stereocenters. The van der Waals surface area contributed by atoms with Gasteiger partial charge in [0.2, 0.25) is 5.91 Å². The number of anilines is 1. The first kappa shape index (κ1) is 15.7. The highest BCUT2D eigenvalue weighted by molar-refractivity contribution is 6.39. The van der Waals surface area contributed by atoms with E-state index in [1.54, 1.807) is 19.1 Å². The van der Waals surface area contributed by atoms with E-state index in [9.17, 15) is 14.4 Å². The molecule has 1 rings (SSSR count). The molecule has 20 heavy (non-hydrogen) atoms. The predicted molar refractivity (Wildman–Crippen MR) is 75.7 cm³/mol. The van der Waals surface area contributed by atoms with E-state index in [2.05, 4.69) is 10.7 Å². The fraction of sp³-hybridized carbons (Fsp3) is 0.357. The zero-order valence-electron chi connectivity index (χ0n) is 11.8. The lowest BCUT2D eigenvalue weighted by molar-refractivity contribution is -0.138. The van der Waals surface area contributed by atoms with Crippen molar-refractivity contribution in [3.8, 4) is 0 Å². The summed E-state index contributed by atoms with van der Waals surface area (Å²) in [6.07, 6.45) is 0.221. The number of carbonyl (C=O) groups is 3. The zero-order valence-corrected chi connectivity index (χ0v) is 11.8. The van der Waals surface area contributed by atoms with Crippen molar-refractivity contribution >= 4 is 23.4 Å². The Morgan fingerprint density at radius 2 is 1.80 bits per heavy atom. The van der Waals surface area contributed by atoms with Gasteiger partial charge in [0.15, 0.2) is 0 Å². The lowest BCUT2D eigenvalue weighted by Crippen LogP contribution is -2.46. The molecule has 0 radical (unpaired) electrons. The van der Waals surface area contributed by atoms with Crippen LogP contribution in [0.15, 0.2) is 24.3 Å². The highest BCUT2D eigenvalue weighted by Crippen LogP contribution is 2.18. The molecule has 6 heteroatoms. The molecule has 0 aromatic heterocycles. The van der Waals surface area contributed by atoms with Crippen molar-refractivity contribution in [1.29, 1.82) is 0 Å². The quantitative estimate of drug-likeness (QED) is 0.575. The van der Waals surface area contributed by atoms with E-state index >= 15 is 0 Å². The summed E-state index contributed by atoms with van der Waals surface area (Å²) < 4.78 is 0. The molecule has 0 saturated carbocycles. The van der Waals surface area contributed by atoms with Gasteiger partial charge in [-0.1, -0.05) is 32.9 Å². The van der Waals surface area contributed by atoms with Crippen LogP contribution in [0, 0.1) is 0 Å². The molecule has 3 N–H and O–H groups in total. The average Bonchev–Trinajstić information content (AvgIpc) is 2.44. The fourth-order valence-electron chi connectivity index (χ4n) is 1.44. The third kappa shape index (κ3) is 4.72. The molecule has 0 aliphatic heterocycles. The van der Waals surface area contributed by atoms with Gasteiger partial charge in [0, 0.05) is 12.1 Å². The predicted octanol–water partition coefficient (Wildman–Crippen LogP) is 1.31. The number of amides is 3. The lowest BCUT2D eigenvalue weighted by atomic mass is 10.0. The molecule has 1 aromatic rings. The van der Waals surface area contributed by atoms with Crippen molar-refractivity contribution in [1.82, 2.24) is 10.9 Å². The van der Waals surface area contributed by atoms with Gasteiger partial charge in [-0.25, -0.2) is 0 Å². The minimum absolute atomic E-state index is 0.221. The average molecular weight is 277 g/mol. The largest absolute Gasteiger partial charge is 0.328 e. The Kier molecular flexibility index (Phi) is 5.71. The van der Waals surface area contributed by atoms with E-state index in [1.165, 1.54) is 0 Å². The van der Waals surface area contributed by atoms with Crippen LogP contribution in [0.25, 0.3) is 0 Å². The first-order chi connectivity index (χ1) is 9.43. The number of hydrogen-bond donors (Lipinski definition) is 3. The SMILES string of the molecule is CCC(=O)NNC(=O)C(=O)Nc1cccc(C(C)C)c1. The second-order valence-electron chi connectivity index (χ2n) is 4.59. The summed E-state index contributed by atoms with van der Waals surface area (Å²) in [6, 6.07) is 7.26. The van der Waals surface area contributed by atoms with Crippen LogP contribution in [0.5, 0.6) is 0 Å². The van der Waals surface area contributed by atoms with E-state index < -0.39 is 11.8 Å². The molecule has 108 valence electrons. The van der Waals surface area contributed by atoms with E-state index in [1.807, 2.05) is 31.4 Å². The smallest absolute Gasteiger partial charge is 0.318 e. The second kappa shape index (κ2) is 7.28. The minimum Gasteiger partial charge on any atom is -0.318 e. The topological polar surface area (TPSA) is 87.3 Å². The Labute approximate surface area is 117 Å². The molecular weight excluding hydrogens is 258 g/mol. The van der Waals surface area contributed by atoms with Crippen LogP contribution in [0.4, 0.5) is 5.69 Å². The second-order valence-corrected chi connectivity index (χ2v) is 4.59. The van der Waals surface area contributed by atoms with Crippen LogP contribution in [0.3, 0.4) is 0 Å². The van der Waals surface area contributed by atoms with Gasteiger partial charge in [-0.15, -0.1) is 0 Å². The molecule has 0 aliphatic rings. The van der Waals surface area contributed by atoms with Crippen LogP contribution in [-0.4, -0.2) is 17.7 Å². The van der Waals surface area contributed by atoms with Crippen LogP contribution >= 0.6 is 0 Å². The Morgan fingerprint density at radius 3 is 2.40 bits per heavy atom. The minimum atomic E-state index is -0.915. The number of rotatable bonds is 3. The van der Waals surface area contributed by atoms with Crippen LogP contribution in [0.2, 0.25) is 0 Å². The first-order valence-corrected chi connectivity index (χ1v) is 6.44. The van der Waals surface area contributed by atoms with Crippen LogP contribution in [0.1, 0.15) is 38.7 Å². The summed E-state index contributed by atoms with van der Waals surface area (Å²) in [7, 11) is 0. The molecule has 6 nitrogen and oxygen atoms in total. The number of carbonyl (C=O) groups excluding carboxylic acids is 3. The standard InChI is InChI=1S/C14H19N3O3/c1-4-12(18)16-17-14(20)13(19)15-11-7-5-6-10(8-11)9(2)3/h5-9H,4H2,1-3H3,(H,15,19)(H,16,18)(H,17,20). The van der Waals surface area contributed by atoms with Gasteiger partial charge < -0.3 is 5.32 Å². The summed E-state index contributed by atoms with van der Waals surface area (Å²) in [5.74, 6) is -1.79. The maximum absolute atomic E-state index is 11.6. The van der Waals surface area contributed by atoms with Gasteiger partial charge in [-0.05, 0) is 23.6 Å². The molecule has 0 heterocycles. The molecular formula is C14H19N3O3. The fourth-order valence-corrected chi connectivity index (χ4v) is 1.44. The van der Waals surface area contributed by atoms with Crippen molar-refractivity contribution in [2.75, 3.05) is 5.32 Å². The van der Waals surface area contributed by atoms with Gasteiger partial charge in [-0.2, -0.15) is 0 Å². The van der Waals surface area contributed by atoms with Gasteiger partial charge >= 0.3 is 11.8 Å². The van der Waals surface area contributed by atoms with E-state index in [0.717, 1.165) is 5.56 Å². The Balaban J connectivity index is 2.59. The van der Waals surface area contributed by atoms with E-state index in [4.69, 9.17) is 0 Å². The normalized spacial score (nSPS) is 10.0. The highest BCUT2D eigenvalue weighted by atomic mass is 16.2. The van der Waals surface area contributed by atoms with E-state index in [0.29, 0.717) is 11.6 Å². The zero-order chi connectivity index (χ0) is 15.1. The number of hydrazine groups is 1. The number of benzene rings is 1. The maximum Gasteiger partial charge on any atom is 0.328 e. The molecule has 0 atom stereocenters. The summed E-state index contributed by atoms with van der Waals surface area (Å²) in [6.45, 7) is 5.71. The third-order valence-corrected chi connectivity index (χ3v) is 2.65. The summed E-state index contributed by atoms with van der Waals surface area (Å²) >= 11 is 0. The summed E-state index contributed by atoms with van der Waals surface area (Å²) in [5, 5.41) is 2.48.